The summed E-state index contributed by atoms with van der Waals surface area (Å²) in [5, 5.41) is 11.5. The summed E-state index contributed by atoms with van der Waals surface area (Å²) in [6, 6.07) is 5.24. The van der Waals surface area contributed by atoms with Gasteiger partial charge in [0.15, 0.2) is 5.82 Å². The van der Waals surface area contributed by atoms with Gasteiger partial charge in [0.05, 0.1) is 24.9 Å². The highest BCUT2D eigenvalue weighted by molar-refractivity contribution is 5.96. The average molecular weight is 453 g/mol. The fourth-order valence-corrected chi connectivity index (χ4v) is 3.23. The van der Waals surface area contributed by atoms with Crippen LogP contribution >= 0.6 is 0 Å². The number of carbonyl (C=O) groups excluding carboxylic acids is 2. The normalized spacial score (nSPS) is 14.6. The van der Waals surface area contributed by atoms with Crippen molar-refractivity contribution in [1.82, 2.24) is 24.5 Å². The molecule has 0 aliphatic heterocycles. The van der Waals surface area contributed by atoms with Gasteiger partial charge in [-0.2, -0.15) is 10.2 Å². The first-order valence-corrected chi connectivity index (χ1v) is 10.8. The Balaban J connectivity index is 1.52. The van der Waals surface area contributed by atoms with E-state index in [1.54, 1.807) is 76.3 Å². The molecule has 1 amide bonds. The third-order valence-corrected chi connectivity index (χ3v) is 5.22. The molecule has 10 nitrogen and oxygen atoms in total. The Morgan fingerprint density at radius 1 is 1.24 bits per heavy atom. The van der Waals surface area contributed by atoms with Gasteiger partial charge < -0.3 is 14.8 Å². The highest BCUT2D eigenvalue weighted by Gasteiger charge is 2.31. The molecule has 1 unspecified atom stereocenters. The zero-order valence-corrected chi connectivity index (χ0v) is 19.4. The first-order valence-electron chi connectivity index (χ1n) is 10.8. The molecule has 33 heavy (non-hydrogen) atoms. The summed E-state index contributed by atoms with van der Waals surface area (Å²) in [5.41, 5.74) is 0.795. The molecule has 1 N–H and O–H groups in total. The topological polar surface area (TPSA) is 113 Å². The van der Waals surface area contributed by atoms with Crippen LogP contribution in [0, 0.1) is 0 Å². The zero-order chi connectivity index (χ0) is 23.8. The number of rotatable bonds is 6. The summed E-state index contributed by atoms with van der Waals surface area (Å²) in [6.07, 6.45) is 6.40. The van der Waals surface area contributed by atoms with Crippen molar-refractivity contribution in [1.29, 1.82) is 0 Å². The number of amides is 1. The Kier molecular flexibility index (Phi) is 5.92. The fraction of sp³-hybridized carbons (Fsp3) is 0.435. The molecule has 3 heterocycles. The van der Waals surface area contributed by atoms with Crippen LogP contribution in [0.15, 0.2) is 36.8 Å². The SMILES string of the molecule is COc1ccnc(-n2cc(C(C)C(=O)Nc3cc(C4CC4)nn3C(=O)OC(C)(C)C)cn2)c1. The number of pyridine rings is 1. The van der Waals surface area contributed by atoms with E-state index in [2.05, 4.69) is 20.5 Å². The van der Waals surface area contributed by atoms with Crippen molar-refractivity contribution >= 4 is 17.8 Å². The molecule has 1 atom stereocenters. The molecule has 0 radical (unpaired) electrons. The number of carbonyl (C=O) groups is 2. The second kappa shape index (κ2) is 8.68. The molecule has 3 aromatic heterocycles. The van der Waals surface area contributed by atoms with E-state index >= 15 is 0 Å². The Bertz CT molecular complexity index is 1170. The van der Waals surface area contributed by atoms with Gasteiger partial charge in [-0.1, -0.05) is 0 Å². The van der Waals surface area contributed by atoms with Crippen molar-refractivity contribution in [3.05, 3.63) is 48.0 Å². The molecule has 0 spiro atoms. The molecular weight excluding hydrogens is 424 g/mol. The Morgan fingerprint density at radius 2 is 2.00 bits per heavy atom. The Labute approximate surface area is 191 Å². The number of ether oxygens (including phenoxy) is 2. The number of nitrogens with one attached hydrogen (secondary N) is 1. The number of methoxy groups -OCH3 is 1. The smallest absolute Gasteiger partial charge is 0.437 e. The minimum atomic E-state index is -0.680. The lowest BCUT2D eigenvalue weighted by atomic mass is 10.0. The molecule has 3 aromatic rings. The Hall–Kier alpha value is -3.69. The molecule has 1 aliphatic rings. The van der Waals surface area contributed by atoms with Crippen molar-refractivity contribution in [2.75, 3.05) is 12.4 Å². The van der Waals surface area contributed by atoms with Crippen molar-refractivity contribution in [2.24, 2.45) is 0 Å². The van der Waals surface area contributed by atoms with Gasteiger partial charge in [-0.05, 0) is 46.6 Å². The van der Waals surface area contributed by atoms with Crippen molar-refractivity contribution < 1.29 is 19.1 Å². The third-order valence-electron chi connectivity index (χ3n) is 5.22. The maximum Gasteiger partial charge on any atom is 0.437 e. The first kappa shape index (κ1) is 22.5. The van der Waals surface area contributed by atoms with Crippen LogP contribution in [0.25, 0.3) is 5.82 Å². The van der Waals surface area contributed by atoms with Gasteiger partial charge in [0.1, 0.15) is 17.2 Å². The molecule has 1 fully saturated rings. The molecular formula is C23H28N6O4. The van der Waals surface area contributed by atoms with Crippen LogP contribution in [0.3, 0.4) is 0 Å². The van der Waals surface area contributed by atoms with Crippen LogP contribution in [0.1, 0.15) is 63.6 Å². The van der Waals surface area contributed by atoms with Crippen molar-refractivity contribution in [3.63, 3.8) is 0 Å². The molecule has 0 saturated heterocycles. The number of hydrogen-bond donors (Lipinski definition) is 1. The van der Waals surface area contributed by atoms with Gasteiger partial charge in [0.2, 0.25) is 5.91 Å². The average Bonchev–Trinajstić information content (AvgIpc) is 3.34. The van der Waals surface area contributed by atoms with Gasteiger partial charge in [0, 0.05) is 36.0 Å². The minimum absolute atomic E-state index is 0.291. The van der Waals surface area contributed by atoms with Gasteiger partial charge in [-0.15, -0.1) is 4.68 Å². The zero-order valence-electron chi connectivity index (χ0n) is 19.4. The van der Waals surface area contributed by atoms with E-state index in [4.69, 9.17) is 9.47 Å². The molecule has 10 heteroatoms. The Morgan fingerprint density at radius 3 is 2.67 bits per heavy atom. The van der Waals surface area contributed by atoms with Crippen molar-refractivity contribution in [2.45, 2.75) is 58.0 Å². The van der Waals surface area contributed by atoms with Gasteiger partial charge >= 0.3 is 6.09 Å². The van der Waals surface area contributed by atoms with E-state index in [1.165, 1.54) is 0 Å². The highest BCUT2D eigenvalue weighted by Crippen LogP contribution is 2.40. The minimum Gasteiger partial charge on any atom is -0.497 e. The summed E-state index contributed by atoms with van der Waals surface area (Å²) < 4.78 is 13.4. The second-order valence-electron chi connectivity index (χ2n) is 9.10. The largest absolute Gasteiger partial charge is 0.497 e. The van der Waals surface area contributed by atoms with Crippen LogP contribution < -0.4 is 10.1 Å². The van der Waals surface area contributed by atoms with Crippen LogP contribution in [0.2, 0.25) is 0 Å². The molecule has 0 aromatic carbocycles. The lowest BCUT2D eigenvalue weighted by Crippen LogP contribution is -2.29. The van der Waals surface area contributed by atoms with E-state index in [0.717, 1.165) is 23.2 Å². The lowest BCUT2D eigenvalue weighted by molar-refractivity contribution is -0.117. The summed E-state index contributed by atoms with van der Waals surface area (Å²) in [5.74, 6) is 1.02. The first-order chi connectivity index (χ1) is 15.6. The summed E-state index contributed by atoms with van der Waals surface area (Å²) in [7, 11) is 1.58. The lowest BCUT2D eigenvalue weighted by Gasteiger charge is -2.20. The highest BCUT2D eigenvalue weighted by atomic mass is 16.6. The van der Waals surface area contributed by atoms with Crippen LogP contribution in [-0.4, -0.2) is 49.3 Å². The molecule has 174 valence electrons. The quantitative estimate of drug-likeness (QED) is 0.604. The van der Waals surface area contributed by atoms with E-state index in [0.29, 0.717) is 28.9 Å². The van der Waals surface area contributed by atoms with Gasteiger partial charge in [-0.25, -0.2) is 14.5 Å². The molecule has 4 rings (SSSR count). The number of anilines is 1. The number of aromatic nitrogens is 5. The van der Waals surface area contributed by atoms with E-state index in [1.807, 2.05) is 0 Å². The predicted octanol–water partition coefficient (Wildman–Crippen LogP) is 3.88. The van der Waals surface area contributed by atoms with E-state index < -0.39 is 17.6 Å². The molecule has 1 saturated carbocycles. The van der Waals surface area contributed by atoms with Crippen LogP contribution in [0.5, 0.6) is 5.75 Å². The van der Waals surface area contributed by atoms with E-state index in [9.17, 15) is 9.59 Å². The predicted molar refractivity (Wildman–Crippen MR) is 121 cm³/mol. The summed E-state index contributed by atoms with van der Waals surface area (Å²) in [4.78, 5) is 30.0. The fourth-order valence-electron chi connectivity index (χ4n) is 3.23. The van der Waals surface area contributed by atoms with E-state index in [-0.39, 0.29) is 5.91 Å². The van der Waals surface area contributed by atoms with Gasteiger partial charge in [0.25, 0.3) is 0 Å². The number of hydrogen-bond acceptors (Lipinski definition) is 7. The van der Waals surface area contributed by atoms with Crippen LogP contribution in [-0.2, 0) is 9.53 Å². The number of nitrogens with zero attached hydrogens (tertiary/aromatic N) is 5. The van der Waals surface area contributed by atoms with Crippen LogP contribution in [0.4, 0.5) is 10.6 Å². The standard InChI is InChI=1S/C23H28N6O4/c1-14(16-12-25-28(13-16)19-10-17(32-5)8-9-24-19)21(30)26-20-11-18(15-6-7-15)27-29(20)22(31)33-23(2,3)4/h8-15H,6-7H2,1-5H3,(H,26,30). The molecule has 0 bridgehead atoms. The second-order valence-corrected chi connectivity index (χ2v) is 9.10. The van der Waals surface area contributed by atoms with Crippen molar-refractivity contribution in [3.8, 4) is 11.6 Å². The maximum absolute atomic E-state index is 13.0. The monoisotopic (exact) mass is 452 g/mol. The van der Waals surface area contributed by atoms with Gasteiger partial charge in [-0.3, -0.25) is 4.79 Å². The summed E-state index contributed by atoms with van der Waals surface area (Å²) in [6.45, 7) is 7.12. The summed E-state index contributed by atoms with van der Waals surface area (Å²) >= 11 is 0. The maximum atomic E-state index is 13.0. The molecule has 1 aliphatic carbocycles. The third kappa shape index (κ3) is 5.21.